The van der Waals surface area contributed by atoms with Crippen LogP contribution >= 0.6 is 0 Å². The van der Waals surface area contributed by atoms with E-state index in [2.05, 4.69) is 41.5 Å². The largest absolute Gasteiger partial charge is 0.0654 e. The molecule has 0 aromatic carbocycles. The van der Waals surface area contributed by atoms with Gasteiger partial charge in [-0.25, -0.2) is 0 Å². The summed E-state index contributed by atoms with van der Waals surface area (Å²) in [6.45, 7) is 14.2. The van der Waals surface area contributed by atoms with Crippen molar-refractivity contribution in [1.29, 1.82) is 0 Å². The molecule has 0 nitrogen and oxygen atoms in total. The van der Waals surface area contributed by atoms with Crippen LogP contribution in [0.3, 0.4) is 0 Å². The van der Waals surface area contributed by atoms with Gasteiger partial charge in [0, 0.05) is 0 Å². The van der Waals surface area contributed by atoms with E-state index in [9.17, 15) is 0 Å². The molecular weight excluding hydrogens is 192 g/mol. The molecule has 0 aromatic rings. The quantitative estimate of drug-likeness (QED) is 0.458. The van der Waals surface area contributed by atoms with Gasteiger partial charge in [0.1, 0.15) is 0 Å². The minimum absolute atomic E-state index is 0.867. The normalized spacial score (nSPS) is 15.8. The molecule has 2 unspecified atom stereocenters. The molecule has 98 valence electrons. The lowest BCUT2D eigenvalue weighted by molar-refractivity contribution is 0.289. The first-order valence-corrected chi connectivity index (χ1v) is 7.45. The van der Waals surface area contributed by atoms with Gasteiger partial charge < -0.3 is 0 Å². The van der Waals surface area contributed by atoms with Crippen LogP contribution in [0, 0.1) is 23.7 Å². The Kier molecular flexibility index (Phi) is 9.07. The molecule has 0 spiro atoms. The topological polar surface area (TPSA) is 0 Å². The molecule has 0 amide bonds. The van der Waals surface area contributed by atoms with E-state index in [-0.39, 0.29) is 0 Å². The zero-order valence-corrected chi connectivity index (χ0v) is 12.6. The van der Waals surface area contributed by atoms with Crippen LogP contribution < -0.4 is 0 Å². The summed E-state index contributed by atoms with van der Waals surface area (Å²) in [6, 6.07) is 0. The molecule has 0 radical (unpaired) electrons. The third kappa shape index (κ3) is 9.24. The van der Waals surface area contributed by atoms with Crippen LogP contribution in [-0.2, 0) is 0 Å². The maximum absolute atomic E-state index is 2.44. The van der Waals surface area contributed by atoms with Crippen LogP contribution in [0.15, 0.2) is 0 Å². The molecule has 0 aliphatic rings. The standard InChI is InChI=1S/C16H34/c1-7-8-15(6)12-16(11-14(4)5)10-9-13(2)3/h13-16H,7-12H2,1-6H3. The average molecular weight is 226 g/mol. The number of hydrogen-bond acceptors (Lipinski definition) is 0. The summed E-state index contributed by atoms with van der Waals surface area (Å²) in [4.78, 5) is 0. The first kappa shape index (κ1) is 16.0. The van der Waals surface area contributed by atoms with Gasteiger partial charge in [0.15, 0.2) is 0 Å². The Labute approximate surface area is 104 Å². The SMILES string of the molecule is CCCC(C)CC(CCC(C)C)CC(C)C. The summed E-state index contributed by atoms with van der Waals surface area (Å²) in [5.41, 5.74) is 0. The number of rotatable bonds is 9. The Balaban J connectivity index is 3.98. The molecule has 0 aliphatic carbocycles. The fourth-order valence-electron chi connectivity index (χ4n) is 2.75. The van der Waals surface area contributed by atoms with Gasteiger partial charge in [-0.1, -0.05) is 67.2 Å². The van der Waals surface area contributed by atoms with Gasteiger partial charge >= 0.3 is 0 Å². The zero-order chi connectivity index (χ0) is 12.6. The second-order valence-electron chi connectivity index (χ2n) is 6.60. The first-order chi connectivity index (χ1) is 7.45. The molecule has 2 atom stereocenters. The van der Waals surface area contributed by atoms with E-state index in [4.69, 9.17) is 0 Å². The second kappa shape index (κ2) is 9.07. The molecule has 0 rings (SSSR count). The molecule has 0 fully saturated rings. The minimum atomic E-state index is 0.867. The molecule has 0 aliphatic heterocycles. The number of hydrogen-bond donors (Lipinski definition) is 0. The maximum Gasteiger partial charge on any atom is -0.0409 e. The Hall–Kier alpha value is 0. The summed E-state index contributed by atoms with van der Waals surface area (Å²) >= 11 is 0. The average Bonchev–Trinajstić information content (AvgIpc) is 2.13. The van der Waals surface area contributed by atoms with Crippen molar-refractivity contribution in [3.05, 3.63) is 0 Å². The fourth-order valence-corrected chi connectivity index (χ4v) is 2.75. The van der Waals surface area contributed by atoms with E-state index in [1.54, 1.807) is 0 Å². The summed E-state index contributed by atoms with van der Waals surface area (Å²) in [5.74, 6) is 3.65. The van der Waals surface area contributed by atoms with Crippen LogP contribution in [0.2, 0.25) is 0 Å². The molecular formula is C16H34. The lowest BCUT2D eigenvalue weighted by Gasteiger charge is -2.23. The highest BCUT2D eigenvalue weighted by atomic mass is 14.2. The molecule has 0 saturated heterocycles. The molecule has 0 heterocycles. The van der Waals surface area contributed by atoms with Crippen LogP contribution in [0.4, 0.5) is 0 Å². The fraction of sp³-hybridized carbons (Fsp3) is 1.00. The zero-order valence-electron chi connectivity index (χ0n) is 12.6. The van der Waals surface area contributed by atoms with Crippen LogP contribution in [-0.4, -0.2) is 0 Å². The van der Waals surface area contributed by atoms with Gasteiger partial charge in [-0.3, -0.25) is 0 Å². The van der Waals surface area contributed by atoms with E-state index in [1.807, 2.05) is 0 Å². The van der Waals surface area contributed by atoms with Crippen molar-refractivity contribution in [3.8, 4) is 0 Å². The van der Waals surface area contributed by atoms with Gasteiger partial charge in [-0.05, 0) is 36.5 Å². The van der Waals surface area contributed by atoms with Crippen molar-refractivity contribution >= 4 is 0 Å². The Bertz CT molecular complexity index is 146. The molecule has 0 bridgehead atoms. The monoisotopic (exact) mass is 226 g/mol. The van der Waals surface area contributed by atoms with E-state index in [0.29, 0.717) is 0 Å². The highest BCUT2D eigenvalue weighted by molar-refractivity contribution is 4.66. The summed E-state index contributed by atoms with van der Waals surface area (Å²) < 4.78 is 0. The van der Waals surface area contributed by atoms with Crippen molar-refractivity contribution in [2.24, 2.45) is 23.7 Å². The third-order valence-electron chi connectivity index (χ3n) is 3.47. The molecule has 16 heavy (non-hydrogen) atoms. The van der Waals surface area contributed by atoms with E-state index in [1.165, 1.54) is 38.5 Å². The predicted octanol–water partition coefficient (Wildman–Crippen LogP) is 5.91. The molecule has 0 aromatic heterocycles. The van der Waals surface area contributed by atoms with E-state index < -0.39 is 0 Å². The maximum atomic E-state index is 2.44. The van der Waals surface area contributed by atoms with Gasteiger partial charge in [0.05, 0.1) is 0 Å². The van der Waals surface area contributed by atoms with Gasteiger partial charge in [-0.15, -0.1) is 0 Å². The van der Waals surface area contributed by atoms with Crippen molar-refractivity contribution < 1.29 is 0 Å². The molecule has 0 saturated carbocycles. The van der Waals surface area contributed by atoms with Crippen molar-refractivity contribution in [2.45, 2.75) is 80.1 Å². The molecule has 0 N–H and O–H groups in total. The highest BCUT2D eigenvalue weighted by Gasteiger charge is 2.14. The Morgan fingerprint density at radius 3 is 1.75 bits per heavy atom. The van der Waals surface area contributed by atoms with Gasteiger partial charge in [0.2, 0.25) is 0 Å². The van der Waals surface area contributed by atoms with E-state index >= 15 is 0 Å². The van der Waals surface area contributed by atoms with E-state index in [0.717, 1.165) is 23.7 Å². The van der Waals surface area contributed by atoms with Crippen molar-refractivity contribution in [3.63, 3.8) is 0 Å². The van der Waals surface area contributed by atoms with Crippen LogP contribution in [0.1, 0.15) is 80.1 Å². The first-order valence-electron chi connectivity index (χ1n) is 7.45. The van der Waals surface area contributed by atoms with Gasteiger partial charge in [0.25, 0.3) is 0 Å². The predicted molar refractivity (Wildman–Crippen MR) is 75.7 cm³/mol. The third-order valence-corrected chi connectivity index (χ3v) is 3.47. The second-order valence-corrected chi connectivity index (χ2v) is 6.60. The summed E-state index contributed by atoms with van der Waals surface area (Å²) in [6.07, 6.45) is 8.51. The lowest BCUT2D eigenvalue weighted by Crippen LogP contribution is -2.10. The smallest absolute Gasteiger partial charge is 0.0409 e. The van der Waals surface area contributed by atoms with Crippen molar-refractivity contribution in [2.75, 3.05) is 0 Å². The Morgan fingerprint density at radius 1 is 0.688 bits per heavy atom. The summed E-state index contributed by atoms with van der Waals surface area (Å²) in [5, 5.41) is 0. The van der Waals surface area contributed by atoms with Crippen LogP contribution in [0.5, 0.6) is 0 Å². The van der Waals surface area contributed by atoms with Crippen LogP contribution in [0.25, 0.3) is 0 Å². The minimum Gasteiger partial charge on any atom is -0.0654 e. The lowest BCUT2D eigenvalue weighted by atomic mass is 9.83. The summed E-state index contributed by atoms with van der Waals surface area (Å²) in [7, 11) is 0. The highest BCUT2D eigenvalue weighted by Crippen LogP contribution is 2.27. The van der Waals surface area contributed by atoms with Crippen molar-refractivity contribution in [1.82, 2.24) is 0 Å². The molecule has 0 heteroatoms. The van der Waals surface area contributed by atoms with Gasteiger partial charge in [-0.2, -0.15) is 0 Å². The Morgan fingerprint density at radius 2 is 1.31 bits per heavy atom.